The SMILES string of the molecule is O=C(C(=Nc1ccc(F)cc1)c1c[nH]c2ccccc12)c1ccccc1. The lowest BCUT2D eigenvalue weighted by atomic mass is 10.00. The molecule has 0 saturated heterocycles. The number of H-pyrrole nitrogens is 1. The van der Waals surface area contributed by atoms with Crippen LogP contribution in [0.2, 0.25) is 0 Å². The molecule has 4 heteroatoms. The van der Waals surface area contributed by atoms with Crippen molar-refractivity contribution in [3.63, 3.8) is 0 Å². The minimum absolute atomic E-state index is 0.181. The number of carbonyl (C=O) groups excluding carboxylic acids is 1. The monoisotopic (exact) mass is 342 g/mol. The van der Waals surface area contributed by atoms with Crippen LogP contribution in [0.25, 0.3) is 10.9 Å². The number of halogens is 1. The van der Waals surface area contributed by atoms with Crippen LogP contribution in [0.5, 0.6) is 0 Å². The predicted molar refractivity (Wildman–Crippen MR) is 102 cm³/mol. The van der Waals surface area contributed by atoms with Crippen molar-refractivity contribution in [2.45, 2.75) is 0 Å². The van der Waals surface area contributed by atoms with Crippen molar-refractivity contribution in [2.75, 3.05) is 0 Å². The first-order chi connectivity index (χ1) is 12.7. The van der Waals surface area contributed by atoms with Crippen LogP contribution < -0.4 is 0 Å². The summed E-state index contributed by atoms with van der Waals surface area (Å²) < 4.78 is 13.2. The van der Waals surface area contributed by atoms with Crippen LogP contribution in [0.15, 0.2) is 90.1 Å². The maximum Gasteiger partial charge on any atom is 0.212 e. The fourth-order valence-electron chi connectivity index (χ4n) is 2.87. The number of aliphatic imine (C=N–C) groups is 1. The quantitative estimate of drug-likeness (QED) is 0.396. The lowest BCUT2D eigenvalue weighted by molar-refractivity contribution is 0.106. The molecule has 1 N–H and O–H groups in total. The van der Waals surface area contributed by atoms with Gasteiger partial charge in [-0.05, 0) is 30.3 Å². The van der Waals surface area contributed by atoms with E-state index in [0.29, 0.717) is 17.0 Å². The molecular formula is C22H15FN2O. The van der Waals surface area contributed by atoms with E-state index in [9.17, 15) is 9.18 Å². The first-order valence-corrected chi connectivity index (χ1v) is 8.23. The first kappa shape index (κ1) is 16.0. The van der Waals surface area contributed by atoms with E-state index in [2.05, 4.69) is 9.98 Å². The third kappa shape index (κ3) is 3.05. The minimum Gasteiger partial charge on any atom is -0.360 e. The third-order valence-corrected chi connectivity index (χ3v) is 4.16. The van der Waals surface area contributed by atoms with Crippen LogP contribution in [0, 0.1) is 5.82 Å². The molecule has 1 aromatic heterocycles. The molecule has 0 aliphatic carbocycles. The van der Waals surface area contributed by atoms with Gasteiger partial charge in [-0.2, -0.15) is 0 Å². The maximum atomic E-state index is 13.2. The van der Waals surface area contributed by atoms with Crippen LogP contribution in [-0.4, -0.2) is 16.5 Å². The molecule has 0 bridgehead atoms. The number of Topliss-reactive ketones (excluding diaryl/α,β-unsaturated/α-hetero) is 1. The number of fused-ring (bicyclic) bond motifs is 1. The predicted octanol–water partition coefficient (Wildman–Crippen LogP) is 5.31. The molecule has 0 spiro atoms. The zero-order valence-electron chi connectivity index (χ0n) is 13.8. The second-order valence-corrected chi connectivity index (χ2v) is 5.88. The van der Waals surface area contributed by atoms with E-state index in [1.807, 2.05) is 42.5 Å². The van der Waals surface area contributed by atoms with E-state index in [4.69, 9.17) is 0 Å². The van der Waals surface area contributed by atoms with Crippen molar-refractivity contribution in [3.05, 3.63) is 102 Å². The highest BCUT2D eigenvalue weighted by Gasteiger charge is 2.19. The number of carbonyl (C=O) groups is 1. The molecule has 4 aromatic rings. The summed E-state index contributed by atoms with van der Waals surface area (Å²) in [5.41, 5.74) is 3.05. The largest absolute Gasteiger partial charge is 0.360 e. The maximum absolute atomic E-state index is 13.2. The minimum atomic E-state index is -0.341. The summed E-state index contributed by atoms with van der Waals surface area (Å²) in [7, 11) is 0. The highest BCUT2D eigenvalue weighted by Crippen LogP contribution is 2.23. The van der Waals surface area contributed by atoms with Gasteiger partial charge in [0, 0.05) is 28.2 Å². The van der Waals surface area contributed by atoms with Gasteiger partial charge in [0.2, 0.25) is 5.78 Å². The Bertz CT molecular complexity index is 1100. The topological polar surface area (TPSA) is 45.2 Å². The van der Waals surface area contributed by atoms with Gasteiger partial charge in [-0.1, -0.05) is 48.5 Å². The summed E-state index contributed by atoms with van der Waals surface area (Å²) in [6, 6.07) is 22.5. The second-order valence-electron chi connectivity index (χ2n) is 5.88. The molecule has 0 radical (unpaired) electrons. The molecule has 0 aliphatic rings. The Morgan fingerprint density at radius 3 is 2.31 bits per heavy atom. The van der Waals surface area contributed by atoms with Gasteiger partial charge >= 0.3 is 0 Å². The molecule has 0 aliphatic heterocycles. The van der Waals surface area contributed by atoms with Gasteiger partial charge in [0.25, 0.3) is 0 Å². The van der Waals surface area contributed by atoms with E-state index in [-0.39, 0.29) is 11.6 Å². The smallest absolute Gasteiger partial charge is 0.212 e. The zero-order chi connectivity index (χ0) is 17.9. The first-order valence-electron chi connectivity index (χ1n) is 8.23. The Balaban J connectivity index is 1.89. The summed E-state index contributed by atoms with van der Waals surface area (Å²) in [6.45, 7) is 0. The van der Waals surface area contributed by atoms with Crippen LogP contribution in [-0.2, 0) is 0 Å². The summed E-state index contributed by atoms with van der Waals surface area (Å²) in [5.74, 6) is -0.522. The number of hydrogen-bond acceptors (Lipinski definition) is 2. The lowest BCUT2D eigenvalue weighted by Crippen LogP contribution is -2.15. The molecule has 0 fully saturated rings. The Labute approximate surface area is 149 Å². The molecule has 4 rings (SSSR count). The number of benzene rings is 3. The molecule has 0 atom stereocenters. The standard InChI is InChI=1S/C22H15FN2O/c23-16-10-12-17(13-11-16)25-21(22(26)15-6-2-1-3-7-15)19-14-24-20-9-5-4-8-18(19)20/h1-14,24H. The zero-order valence-corrected chi connectivity index (χ0v) is 13.8. The Kier molecular flexibility index (Phi) is 4.15. The fourth-order valence-corrected chi connectivity index (χ4v) is 2.87. The van der Waals surface area contributed by atoms with Gasteiger partial charge in [0.05, 0.1) is 5.69 Å². The number of rotatable bonds is 4. The van der Waals surface area contributed by atoms with E-state index < -0.39 is 0 Å². The van der Waals surface area contributed by atoms with Crippen LogP contribution >= 0.6 is 0 Å². The Hall–Kier alpha value is -3.53. The molecule has 26 heavy (non-hydrogen) atoms. The molecule has 126 valence electrons. The van der Waals surface area contributed by atoms with Crippen LogP contribution in [0.1, 0.15) is 15.9 Å². The molecule has 0 amide bonds. The van der Waals surface area contributed by atoms with Gasteiger partial charge in [0.15, 0.2) is 0 Å². The summed E-state index contributed by atoms with van der Waals surface area (Å²) in [4.78, 5) is 20.9. The average molecular weight is 342 g/mol. The van der Waals surface area contributed by atoms with Gasteiger partial charge < -0.3 is 4.98 Å². The highest BCUT2D eigenvalue weighted by atomic mass is 19.1. The van der Waals surface area contributed by atoms with Crippen LogP contribution in [0.4, 0.5) is 10.1 Å². The van der Waals surface area contributed by atoms with Crippen molar-refractivity contribution >= 4 is 28.1 Å². The molecule has 3 nitrogen and oxygen atoms in total. The van der Waals surface area contributed by atoms with E-state index in [0.717, 1.165) is 16.5 Å². The number of nitrogens with one attached hydrogen (secondary N) is 1. The lowest BCUT2D eigenvalue weighted by Gasteiger charge is -2.06. The number of hydrogen-bond donors (Lipinski definition) is 1. The van der Waals surface area contributed by atoms with E-state index in [1.54, 1.807) is 30.5 Å². The number of para-hydroxylation sites is 1. The average Bonchev–Trinajstić information content (AvgIpc) is 3.12. The number of aromatic nitrogens is 1. The highest BCUT2D eigenvalue weighted by molar-refractivity contribution is 6.53. The fraction of sp³-hybridized carbons (Fsp3) is 0. The van der Waals surface area contributed by atoms with Crippen molar-refractivity contribution in [1.29, 1.82) is 0 Å². The Morgan fingerprint density at radius 1 is 0.846 bits per heavy atom. The summed E-state index contributed by atoms with van der Waals surface area (Å²) in [5, 5.41) is 0.914. The van der Waals surface area contributed by atoms with Crippen LogP contribution in [0.3, 0.4) is 0 Å². The van der Waals surface area contributed by atoms with Crippen molar-refractivity contribution in [3.8, 4) is 0 Å². The van der Waals surface area contributed by atoms with E-state index in [1.165, 1.54) is 12.1 Å². The summed E-state index contributed by atoms with van der Waals surface area (Å²) >= 11 is 0. The third-order valence-electron chi connectivity index (χ3n) is 4.16. The van der Waals surface area contributed by atoms with Gasteiger partial charge in [0.1, 0.15) is 11.5 Å². The molecule has 0 saturated carbocycles. The van der Waals surface area contributed by atoms with Gasteiger partial charge in [-0.15, -0.1) is 0 Å². The normalized spacial score (nSPS) is 11.7. The van der Waals surface area contributed by atoms with Gasteiger partial charge in [-0.25, -0.2) is 9.38 Å². The summed E-state index contributed by atoms with van der Waals surface area (Å²) in [6.07, 6.45) is 1.79. The van der Waals surface area contributed by atoms with Gasteiger partial charge in [-0.3, -0.25) is 4.79 Å². The second kappa shape index (κ2) is 6.76. The van der Waals surface area contributed by atoms with Crippen molar-refractivity contribution in [1.82, 2.24) is 4.98 Å². The molecule has 1 heterocycles. The van der Waals surface area contributed by atoms with Crippen molar-refractivity contribution in [2.24, 2.45) is 4.99 Å². The number of ketones is 1. The Morgan fingerprint density at radius 2 is 1.54 bits per heavy atom. The molecule has 3 aromatic carbocycles. The number of aromatic amines is 1. The van der Waals surface area contributed by atoms with E-state index >= 15 is 0 Å². The van der Waals surface area contributed by atoms with Crippen molar-refractivity contribution < 1.29 is 9.18 Å². The molecular weight excluding hydrogens is 327 g/mol. The number of nitrogens with zero attached hydrogens (tertiary/aromatic N) is 1. The molecule has 0 unspecified atom stereocenters.